The summed E-state index contributed by atoms with van der Waals surface area (Å²) in [6, 6.07) is 6.90. The summed E-state index contributed by atoms with van der Waals surface area (Å²) in [5.74, 6) is -2.37. The largest absolute Gasteiger partial charge is 0.481 e. The van der Waals surface area contributed by atoms with Gasteiger partial charge in [-0.25, -0.2) is 9.97 Å². The molecule has 3 aromatic rings. The molecular weight excluding hydrogens is 414 g/mol. The fraction of sp³-hybridized carbons (Fsp3) is 0.318. The summed E-state index contributed by atoms with van der Waals surface area (Å²) >= 11 is 0. The Bertz CT molecular complexity index is 1220. The van der Waals surface area contributed by atoms with Crippen LogP contribution < -0.4 is 11.3 Å². The number of hydrogen-bond donors (Lipinski definition) is 3. The number of hydrogen-bond acceptors (Lipinski definition) is 8. The van der Waals surface area contributed by atoms with Crippen LogP contribution in [0.2, 0.25) is 0 Å². The molecule has 3 rings (SSSR count). The van der Waals surface area contributed by atoms with Gasteiger partial charge in [0.15, 0.2) is 16.9 Å². The highest BCUT2D eigenvalue weighted by Crippen LogP contribution is 2.17. The number of fused-ring (bicyclic) bond motifs is 1. The Balaban J connectivity index is 1.62. The fourth-order valence-corrected chi connectivity index (χ4v) is 3.25. The van der Waals surface area contributed by atoms with Crippen molar-refractivity contribution in [3.63, 3.8) is 0 Å². The first kappa shape index (κ1) is 22.7. The first-order chi connectivity index (χ1) is 15.2. The molecule has 0 amide bonds. The summed E-state index contributed by atoms with van der Waals surface area (Å²) in [5, 5.41) is 9.29. The molecular formula is C22H23N5O5. The molecule has 0 bridgehead atoms. The molecule has 166 valence electrons. The molecule has 0 aliphatic heterocycles. The third-order valence-corrected chi connectivity index (χ3v) is 5.06. The number of anilines is 1. The summed E-state index contributed by atoms with van der Waals surface area (Å²) in [4.78, 5) is 61.7. The number of nitrogens with two attached hydrogens (primary N) is 1. The van der Waals surface area contributed by atoms with E-state index < -0.39 is 17.4 Å². The minimum Gasteiger partial charge on any atom is -0.481 e. The van der Waals surface area contributed by atoms with Crippen LogP contribution in [0.3, 0.4) is 0 Å². The minimum atomic E-state index is -1.08. The number of carboxylic acids is 1. The number of nitrogens with one attached hydrogen (secondary N) is 1. The number of carbonyl (C=O) groups excluding carboxylic acids is 2. The van der Waals surface area contributed by atoms with Crippen molar-refractivity contribution >= 4 is 34.6 Å². The molecule has 0 fully saturated rings. The summed E-state index contributed by atoms with van der Waals surface area (Å²) in [6.45, 7) is 1.40. The van der Waals surface area contributed by atoms with Crippen molar-refractivity contribution in [1.82, 2.24) is 19.9 Å². The van der Waals surface area contributed by atoms with Gasteiger partial charge in [0.05, 0.1) is 17.8 Å². The average Bonchev–Trinajstić information content (AvgIpc) is 2.75. The molecule has 1 aromatic carbocycles. The Morgan fingerprint density at radius 1 is 1.12 bits per heavy atom. The van der Waals surface area contributed by atoms with Crippen LogP contribution in [0.1, 0.15) is 47.8 Å². The monoisotopic (exact) mass is 437 g/mol. The fourth-order valence-electron chi connectivity index (χ4n) is 3.25. The van der Waals surface area contributed by atoms with Gasteiger partial charge in [-0.15, -0.1) is 0 Å². The van der Waals surface area contributed by atoms with Crippen molar-refractivity contribution < 1.29 is 19.5 Å². The standard InChI is InChI=1S/C22H23N5O5/c1-12(28)2-6-15(21(31)32)10-17(29)14-7-3-13(4-8-14)5-9-16-11-24-19-18(25-16)20(30)27-22(23)26-19/h3-4,7-8,11,15H,2,5-6,9-10H2,1H3,(H,31,32)(H3,23,24,26,27,30)/t15-/m1/s1. The number of H-pyrrole nitrogens is 1. The van der Waals surface area contributed by atoms with Crippen molar-refractivity contribution in [2.75, 3.05) is 5.73 Å². The number of benzene rings is 1. The van der Waals surface area contributed by atoms with Gasteiger partial charge in [0, 0.05) is 18.4 Å². The second kappa shape index (κ2) is 9.90. The molecule has 10 heteroatoms. The number of ketones is 2. The topological polar surface area (TPSA) is 169 Å². The highest BCUT2D eigenvalue weighted by Gasteiger charge is 2.22. The third-order valence-electron chi connectivity index (χ3n) is 5.06. The molecule has 0 aliphatic rings. The van der Waals surface area contributed by atoms with Crippen LogP contribution in [-0.2, 0) is 22.4 Å². The molecule has 32 heavy (non-hydrogen) atoms. The van der Waals surface area contributed by atoms with E-state index in [0.29, 0.717) is 24.1 Å². The van der Waals surface area contributed by atoms with Gasteiger partial charge in [0.1, 0.15) is 5.78 Å². The first-order valence-electron chi connectivity index (χ1n) is 10.1. The zero-order chi connectivity index (χ0) is 23.3. The van der Waals surface area contributed by atoms with E-state index in [1.807, 2.05) is 0 Å². The molecule has 2 heterocycles. The van der Waals surface area contributed by atoms with E-state index in [2.05, 4.69) is 19.9 Å². The van der Waals surface area contributed by atoms with Crippen molar-refractivity contribution in [3.8, 4) is 0 Å². The van der Waals surface area contributed by atoms with Gasteiger partial charge in [-0.05, 0) is 31.7 Å². The summed E-state index contributed by atoms with van der Waals surface area (Å²) < 4.78 is 0. The van der Waals surface area contributed by atoms with E-state index in [1.165, 1.54) is 6.92 Å². The Labute approximate surface area is 182 Å². The molecule has 0 spiro atoms. The van der Waals surface area contributed by atoms with Crippen molar-refractivity contribution in [1.29, 1.82) is 0 Å². The minimum absolute atomic E-state index is 0.0206. The molecule has 2 aromatic heterocycles. The Morgan fingerprint density at radius 2 is 1.84 bits per heavy atom. The number of aliphatic carboxylic acids is 1. The number of aromatic nitrogens is 4. The number of Topliss-reactive ketones (excluding diaryl/α,β-unsaturated/α-hetero) is 2. The lowest BCUT2D eigenvalue weighted by atomic mass is 9.93. The second-order valence-corrected chi connectivity index (χ2v) is 7.58. The maximum atomic E-state index is 12.5. The summed E-state index contributed by atoms with van der Waals surface area (Å²) in [7, 11) is 0. The quantitative estimate of drug-likeness (QED) is 0.400. The van der Waals surface area contributed by atoms with Gasteiger partial charge in [-0.1, -0.05) is 24.3 Å². The number of aryl methyl sites for hydroxylation is 2. The predicted molar refractivity (Wildman–Crippen MR) is 116 cm³/mol. The number of aromatic amines is 1. The van der Waals surface area contributed by atoms with Crippen LogP contribution >= 0.6 is 0 Å². The molecule has 4 N–H and O–H groups in total. The SMILES string of the molecule is CC(=O)CC[C@H](CC(=O)c1ccc(CCc2cnc3nc(N)[nH]c(=O)c3n2)cc1)C(=O)O. The van der Waals surface area contributed by atoms with E-state index in [4.69, 9.17) is 5.73 Å². The highest BCUT2D eigenvalue weighted by molar-refractivity contribution is 5.98. The van der Waals surface area contributed by atoms with Crippen LogP contribution in [-0.4, -0.2) is 42.6 Å². The van der Waals surface area contributed by atoms with Crippen LogP contribution in [0.5, 0.6) is 0 Å². The van der Waals surface area contributed by atoms with Crippen LogP contribution in [0.15, 0.2) is 35.3 Å². The molecule has 1 atom stereocenters. The van der Waals surface area contributed by atoms with Gasteiger partial charge in [-0.3, -0.25) is 19.4 Å². The molecule has 0 aliphatic carbocycles. The Morgan fingerprint density at radius 3 is 2.50 bits per heavy atom. The highest BCUT2D eigenvalue weighted by atomic mass is 16.4. The zero-order valence-corrected chi connectivity index (χ0v) is 17.5. The van der Waals surface area contributed by atoms with E-state index in [-0.39, 0.29) is 47.9 Å². The van der Waals surface area contributed by atoms with Gasteiger partial charge in [0.2, 0.25) is 5.95 Å². The number of carbonyl (C=O) groups is 3. The Hall–Kier alpha value is -3.95. The predicted octanol–water partition coefficient (Wildman–Crippen LogP) is 1.72. The average molecular weight is 437 g/mol. The number of rotatable bonds is 10. The van der Waals surface area contributed by atoms with E-state index in [1.54, 1.807) is 30.5 Å². The van der Waals surface area contributed by atoms with Gasteiger partial charge in [-0.2, -0.15) is 4.98 Å². The summed E-state index contributed by atoms with van der Waals surface area (Å²) in [5.41, 5.74) is 7.33. The Kier molecular flexibility index (Phi) is 7.04. The normalized spacial score (nSPS) is 11.9. The van der Waals surface area contributed by atoms with E-state index in [9.17, 15) is 24.3 Å². The van der Waals surface area contributed by atoms with Gasteiger partial charge in [0.25, 0.3) is 5.56 Å². The molecule has 0 saturated heterocycles. The molecule has 10 nitrogen and oxygen atoms in total. The van der Waals surface area contributed by atoms with Gasteiger partial charge >= 0.3 is 5.97 Å². The number of nitrogen functional groups attached to an aromatic ring is 1. The number of carboxylic acid groups (broad SMARTS) is 1. The lowest BCUT2D eigenvalue weighted by Gasteiger charge is -2.11. The van der Waals surface area contributed by atoms with E-state index in [0.717, 1.165) is 5.56 Å². The lowest BCUT2D eigenvalue weighted by molar-refractivity contribution is -0.142. The van der Waals surface area contributed by atoms with Crippen LogP contribution in [0.25, 0.3) is 11.2 Å². The van der Waals surface area contributed by atoms with Crippen LogP contribution in [0, 0.1) is 5.92 Å². The van der Waals surface area contributed by atoms with Crippen molar-refractivity contribution in [2.45, 2.75) is 39.0 Å². The maximum Gasteiger partial charge on any atom is 0.306 e. The van der Waals surface area contributed by atoms with Crippen molar-refractivity contribution in [2.24, 2.45) is 5.92 Å². The van der Waals surface area contributed by atoms with Crippen LogP contribution in [0.4, 0.5) is 5.95 Å². The van der Waals surface area contributed by atoms with Crippen molar-refractivity contribution in [3.05, 3.63) is 57.6 Å². The van der Waals surface area contributed by atoms with E-state index >= 15 is 0 Å². The smallest absolute Gasteiger partial charge is 0.306 e. The molecule has 0 radical (unpaired) electrons. The molecule has 0 unspecified atom stereocenters. The molecule has 0 saturated carbocycles. The van der Waals surface area contributed by atoms with Gasteiger partial charge < -0.3 is 15.6 Å². The summed E-state index contributed by atoms with van der Waals surface area (Å²) in [6.07, 6.45) is 2.79. The maximum absolute atomic E-state index is 12.5. The number of nitrogens with zero attached hydrogens (tertiary/aromatic N) is 3. The lowest BCUT2D eigenvalue weighted by Crippen LogP contribution is -2.19. The zero-order valence-electron chi connectivity index (χ0n) is 17.5. The first-order valence-corrected chi connectivity index (χ1v) is 10.1. The second-order valence-electron chi connectivity index (χ2n) is 7.58. The third kappa shape index (κ3) is 5.81.